The molecule has 104 valence electrons. The van der Waals surface area contributed by atoms with E-state index in [0.29, 0.717) is 11.3 Å². The standard InChI is InChI=1S/C14H21N3OS/c1-5-19-12(4)16-11(3)8-10(2)14(18)17-13-6-7-15-9-13/h5,8,13,15H,1,3,6-7,9H2,2,4H3,(H,17,18)/b10-8+,16-12?. The molecule has 1 rings (SSSR count). The van der Waals surface area contributed by atoms with Gasteiger partial charge in [-0.2, -0.15) is 0 Å². The van der Waals surface area contributed by atoms with Crippen molar-refractivity contribution in [3.63, 3.8) is 0 Å². The fraction of sp³-hybridized carbons (Fsp3) is 0.429. The van der Waals surface area contributed by atoms with Crippen molar-refractivity contribution in [3.05, 3.63) is 35.9 Å². The van der Waals surface area contributed by atoms with Gasteiger partial charge in [-0.1, -0.05) is 24.9 Å². The van der Waals surface area contributed by atoms with Gasteiger partial charge in [0.2, 0.25) is 5.91 Å². The third-order valence-corrected chi connectivity index (χ3v) is 3.29. The molecule has 0 aromatic heterocycles. The highest BCUT2D eigenvalue weighted by Gasteiger charge is 2.17. The molecule has 1 aliphatic heterocycles. The first-order chi connectivity index (χ1) is 9.02. The Hall–Kier alpha value is -1.33. The summed E-state index contributed by atoms with van der Waals surface area (Å²) in [4.78, 5) is 16.2. The fourth-order valence-electron chi connectivity index (χ4n) is 1.77. The number of rotatable bonds is 5. The second-order valence-electron chi connectivity index (χ2n) is 4.40. The van der Waals surface area contributed by atoms with Crippen LogP contribution in [0.15, 0.2) is 40.9 Å². The second kappa shape index (κ2) is 7.96. The number of hydrogen-bond donors (Lipinski definition) is 2. The number of nitrogens with zero attached hydrogens (tertiary/aromatic N) is 1. The van der Waals surface area contributed by atoms with Crippen LogP contribution in [0.25, 0.3) is 0 Å². The summed E-state index contributed by atoms with van der Waals surface area (Å²) in [7, 11) is 0. The zero-order chi connectivity index (χ0) is 14.3. The molecule has 1 unspecified atom stereocenters. The molecule has 1 aliphatic rings. The first kappa shape index (κ1) is 15.7. The van der Waals surface area contributed by atoms with Crippen LogP contribution in [0.3, 0.4) is 0 Å². The van der Waals surface area contributed by atoms with E-state index in [2.05, 4.69) is 28.8 Å². The van der Waals surface area contributed by atoms with Crippen molar-refractivity contribution >= 4 is 22.7 Å². The molecule has 1 atom stereocenters. The second-order valence-corrected chi connectivity index (χ2v) is 5.56. The van der Waals surface area contributed by atoms with Gasteiger partial charge in [0.1, 0.15) is 0 Å². The molecule has 0 radical (unpaired) electrons. The minimum Gasteiger partial charge on any atom is -0.348 e. The summed E-state index contributed by atoms with van der Waals surface area (Å²) in [5, 5.41) is 8.76. The highest BCUT2D eigenvalue weighted by atomic mass is 32.2. The highest BCUT2D eigenvalue weighted by Crippen LogP contribution is 2.09. The molecule has 0 saturated carbocycles. The number of allylic oxidation sites excluding steroid dienone is 1. The first-order valence-electron chi connectivity index (χ1n) is 6.24. The van der Waals surface area contributed by atoms with Gasteiger partial charge in [-0.25, -0.2) is 4.99 Å². The minimum absolute atomic E-state index is 0.0564. The Bertz CT molecular complexity index is 420. The van der Waals surface area contributed by atoms with Crippen molar-refractivity contribution in [1.82, 2.24) is 10.6 Å². The molecular weight excluding hydrogens is 258 g/mol. The van der Waals surface area contributed by atoms with Gasteiger partial charge in [0, 0.05) is 18.2 Å². The number of thioether (sulfide) groups is 1. The zero-order valence-corrected chi connectivity index (χ0v) is 12.3. The van der Waals surface area contributed by atoms with Crippen LogP contribution in [0.4, 0.5) is 0 Å². The van der Waals surface area contributed by atoms with Gasteiger partial charge in [-0.15, -0.1) is 0 Å². The molecular formula is C14H21N3OS. The van der Waals surface area contributed by atoms with Crippen LogP contribution in [-0.2, 0) is 4.79 Å². The van der Waals surface area contributed by atoms with Crippen LogP contribution in [0, 0.1) is 0 Å². The average molecular weight is 279 g/mol. The van der Waals surface area contributed by atoms with Crippen LogP contribution in [0.1, 0.15) is 20.3 Å². The maximum absolute atomic E-state index is 11.9. The summed E-state index contributed by atoms with van der Waals surface area (Å²) in [6.45, 7) is 12.9. The third kappa shape index (κ3) is 5.89. The average Bonchev–Trinajstić information content (AvgIpc) is 2.81. The van der Waals surface area contributed by atoms with Gasteiger partial charge < -0.3 is 10.6 Å². The molecule has 1 amide bonds. The number of nitrogens with one attached hydrogen (secondary N) is 2. The van der Waals surface area contributed by atoms with Gasteiger partial charge in [-0.3, -0.25) is 4.79 Å². The SMILES string of the molecule is C=CSC(C)=NC(=C)/C=C(\C)C(=O)NC1CCNC1. The lowest BCUT2D eigenvalue weighted by molar-refractivity contribution is -0.118. The molecule has 0 spiro atoms. The predicted molar refractivity (Wildman–Crippen MR) is 83.2 cm³/mol. The van der Waals surface area contributed by atoms with Gasteiger partial charge >= 0.3 is 0 Å². The Morgan fingerprint density at radius 2 is 2.26 bits per heavy atom. The van der Waals surface area contributed by atoms with Gasteiger partial charge in [0.15, 0.2) is 0 Å². The molecule has 1 heterocycles. The summed E-state index contributed by atoms with van der Waals surface area (Å²) in [6.07, 6.45) is 2.68. The summed E-state index contributed by atoms with van der Waals surface area (Å²) < 4.78 is 0. The molecule has 0 aromatic carbocycles. The maximum atomic E-state index is 11.9. The molecule has 5 heteroatoms. The van der Waals surface area contributed by atoms with Crippen molar-refractivity contribution in [1.29, 1.82) is 0 Å². The number of carbonyl (C=O) groups is 1. The Kier molecular flexibility index (Phi) is 6.59. The summed E-state index contributed by atoms with van der Waals surface area (Å²) >= 11 is 1.44. The van der Waals surface area contributed by atoms with Gasteiger partial charge in [0.25, 0.3) is 0 Å². The smallest absolute Gasteiger partial charge is 0.247 e. The van der Waals surface area contributed by atoms with Crippen LogP contribution in [0.2, 0.25) is 0 Å². The maximum Gasteiger partial charge on any atom is 0.247 e. The Morgan fingerprint density at radius 3 is 2.84 bits per heavy atom. The van der Waals surface area contributed by atoms with E-state index in [4.69, 9.17) is 0 Å². The molecule has 1 saturated heterocycles. The molecule has 2 N–H and O–H groups in total. The Labute approximate surface area is 119 Å². The van der Waals surface area contributed by atoms with E-state index in [0.717, 1.165) is 24.6 Å². The number of carbonyl (C=O) groups excluding carboxylic acids is 1. The van der Waals surface area contributed by atoms with Crippen LogP contribution >= 0.6 is 11.8 Å². The monoisotopic (exact) mass is 279 g/mol. The lowest BCUT2D eigenvalue weighted by Gasteiger charge is -2.11. The quantitative estimate of drug-likeness (QED) is 0.351. The minimum atomic E-state index is -0.0564. The molecule has 4 nitrogen and oxygen atoms in total. The predicted octanol–water partition coefficient (Wildman–Crippen LogP) is 2.22. The van der Waals surface area contributed by atoms with E-state index in [1.807, 2.05) is 6.92 Å². The van der Waals surface area contributed by atoms with Crippen LogP contribution in [0.5, 0.6) is 0 Å². The van der Waals surface area contributed by atoms with E-state index < -0.39 is 0 Å². The van der Waals surface area contributed by atoms with Crippen molar-refractivity contribution in [2.24, 2.45) is 4.99 Å². The number of aliphatic imine (C=N–C) groups is 1. The molecule has 0 bridgehead atoms. The van der Waals surface area contributed by atoms with Crippen LogP contribution in [-0.4, -0.2) is 30.1 Å². The molecule has 19 heavy (non-hydrogen) atoms. The molecule has 0 aromatic rings. The number of amides is 1. The summed E-state index contributed by atoms with van der Waals surface area (Å²) in [5.74, 6) is -0.0564. The van der Waals surface area contributed by atoms with E-state index in [1.165, 1.54) is 11.8 Å². The zero-order valence-electron chi connectivity index (χ0n) is 11.5. The Balaban J connectivity index is 2.54. The van der Waals surface area contributed by atoms with Crippen molar-refractivity contribution in [2.75, 3.05) is 13.1 Å². The van der Waals surface area contributed by atoms with Crippen LogP contribution < -0.4 is 10.6 Å². The normalized spacial score (nSPS) is 20.2. The summed E-state index contributed by atoms with van der Waals surface area (Å²) in [5.41, 5.74) is 1.20. The lowest BCUT2D eigenvalue weighted by Crippen LogP contribution is -2.36. The van der Waals surface area contributed by atoms with Gasteiger partial charge in [-0.05, 0) is 38.3 Å². The van der Waals surface area contributed by atoms with Crippen molar-refractivity contribution in [3.8, 4) is 0 Å². The van der Waals surface area contributed by atoms with Crippen molar-refractivity contribution < 1.29 is 4.79 Å². The summed E-state index contributed by atoms with van der Waals surface area (Å²) in [6, 6.07) is 0.227. The number of hydrogen-bond acceptors (Lipinski definition) is 4. The molecule has 1 fully saturated rings. The van der Waals surface area contributed by atoms with E-state index in [9.17, 15) is 4.79 Å². The van der Waals surface area contributed by atoms with E-state index in [1.54, 1.807) is 18.4 Å². The van der Waals surface area contributed by atoms with Crippen molar-refractivity contribution in [2.45, 2.75) is 26.3 Å². The largest absolute Gasteiger partial charge is 0.348 e. The molecule has 0 aliphatic carbocycles. The Morgan fingerprint density at radius 1 is 1.53 bits per heavy atom. The van der Waals surface area contributed by atoms with E-state index in [-0.39, 0.29) is 11.9 Å². The third-order valence-electron chi connectivity index (χ3n) is 2.69. The topological polar surface area (TPSA) is 53.5 Å². The first-order valence-corrected chi connectivity index (χ1v) is 7.12. The van der Waals surface area contributed by atoms with Gasteiger partial charge in [0.05, 0.1) is 10.7 Å². The fourth-order valence-corrected chi connectivity index (χ4v) is 2.19. The highest BCUT2D eigenvalue weighted by molar-refractivity contribution is 8.16. The van der Waals surface area contributed by atoms with E-state index >= 15 is 0 Å². The lowest BCUT2D eigenvalue weighted by atomic mass is 10.2.